The maximum Gasteiger partial charge on any atom is 0.223 e. The van der Waals surface area contributed by atoms with Gasteiger partial charge in [-0.3, -0.25) is 4.79 Å². The number of nitrogens with one attached hydrogen (secondary N) is 1. The van der Waals surface area contributed by atoms with Gasteiger partial charge in [-0.05, 0) is 25.0 Å². The van der Waals surface area contributed by atoms with Crippen molar-refractivity contribution in [2.75, 3.05) is 6.54 Å². The number of amides is 1. The van der Waals surface area contributed by atoms with Gasteiger partial charge in [-0.2, -0.15) is 0 Å². The van der Waals surface area contributed by atoms with Crippen molar-refractivity contribution in [2.24, 2.45) is 5.92 Å². The first-order chi connectivity index (χ1) is 12.2. The molecule has 130 valence electrons. The van der Waals surface area contributed by atoms with Crippen LogP contribution in [0.15, 0.2) is 48.7 Å². The second-order valence-electron chi connectivity index (χ2n) is 6.10. The lowest BCUT2D eigenvalue weighted by molar-refractivity contribution is -0.125. The number of carbonyl (C=O) groups is 1. The number of carbonyl (C=O) groups excluding carboxylic acids is 1. The van der Waals surface area contributed by atoms with E-state index in [0.717, 1.165) is 35.4 Å². The molecule has 0 atom stereocenters. The van der Waals surface area contributed by atoms with Crippen LogP contribution in [0, 0.1) is 5.92 Å². The third-order valence-electron chi connectivity index (χ3n) is 4.53. The predicted octanol–water partition coefficient (Wildman–Crippen LogP) is 3.65. The lowest BCUT2D eigenvalue weighted by atomic mass is 10.0. The smallest absolute Gasteiger partial charge is 0.223 e. The van der Waals surface area contributed by atoms with Crippen molar-refractivity contribution < 1.29 is 4.79 Å². The Balaban J connectivity index is 1.84. The molecular weight excluding hydrogens is 312 g/mol. The Labute approximate surface area is 148 Å². The molecule has 0 radical (unpaired) electrons. The molecule has 5 nitrogen and oxygen atoms in total. The average molecular weight is 336 g/mol. The molecule has 2 aromatic heterocycles. The molecule has 1 amide bonds. The fourth-order valence-corrected chi connectivity index (χ4v) is 3.07. The van der Waals surface area contributed by atoms with Crippen molar-refractivity contribution in [3.8, 4) is 11.4 Å². The molecule has 2 heterocycles. The molecule has 0 unspecified atom stereocenters. The maximum atomic E-state index is 12.2. The largest absolute Gasteiger partial charge is 0.354 e. The zero-order valence-corrected chi connectivity index (χ0v) is 14.8. The number of nitrogens with zero attached hydrogens (tertiary/aromatic N) is 3. The minimum Gasteiger partial charge on any atom is -0.354 e. The van der Waals surface area contributed by atoms with E-state index < -0.39 is 0 Å². The lowest BCUT2D eigenvalue weighted by Crippen LogP contribution is -2.32. The molecule has 0 bridgehead atoms. The van der Waals surface area contributed by atoms with E-state index in [9.17, 15) is 4.79 Å². The minimum absolute atomic E-state index is 0.0891. The van der Waals surface area contributed by atoms with Gasteiger partial charge in [0.05, 0.1) is 0 Å². The van der Waals surface area contributed by atoms with Gasteiger partial charge in [-0.1, -0.05) is 44.2 Å². The van der Waals surface area contributed by atoms with Crippen LogP contribution in [0.2, 0.25) is 0 Å². The van der Waals surface area contributed by atoms with Crippen LogP contribution in [-0.2, 0) is 11.3 Å². The Kier molecular flexibility index (Phi) is 5.43. The van der Waals surface area contributed by atoms with Crippen LogP contribution >= 0.6 is 0 Å². The highest BCUT2D eigenvalue weighted by Crippen LogP contribution is 2.23. The Hall–Kier alpha value is -2.69. The summed E-state index contributed by atoms with van der Waals surface area (Å²) in [6, 6.07) is 13.9. The molecular formula is C20H24N4O. The zero-order chi connectivity index (χ0) is 17.6. The lowest BCUT2D eigenvalue weighted by Gasteiger charge is -2.14. The van der Waals surface area contributed by atoms with Crippen LogP contribution in [-0.4, -0.2) is 27.0 Å². The Morgan fingerprint density at radius 1 is 1.12 bits per heavy atom. The van der Waals surface area contributed by atoms with E-state index in [-0.39, 0.29) is 11.8 Å². The van der Waals surface area contributed by atoms with Crippen LogP contribution in [0.4, 0.5) is 0 Å². The van der Waals surface area contributed by atoms with Gasteiger partial charge in [-0.15, -0.1) is 0 Å². The maximum absolute atomic E-state index is 12.2. The second-order valence-corrected chi connectivity index (χ2v) is 6.10. The van der Waals surface area contributed by atoms with Crippen molar-refractivity contribution in [3.05, 3.63) is 48.7 Å². The summed E-state index contributed by atoms with van der Waals surface area (Å²) in [6.45, 7) is 5.31. The summed E-state index contributed by atoms with van der Waals surface area (Å²) in [5.41, 5.74) is 2.76. The van der Waals surface area contributed by atoms with E-state index >= 15 is 0 Å². The highest BCUT2D eigenvalue weighted by molar-refractivity contribution is 5.79. The molecule has 0 saturated heterocycles. The van der Waals surface area contributed by atoms with Gasteiger partial charge in [0, 0.05) is 30.8 Å². The quantitative estimate of drug-likeness (QED) is 0.716. The van der Waals surface area contributed by atoms with Crippen LogP contribution in [0.1, 0.15) is 26.7 Å². The van der Waals surface area contributed by atoms with E-state index in [4.69, 9.17) is 4.98 Å². The Bertz CT molecular complexity index is 837. The first-order valence-electron chi connectivity index (χ1n) is 8.89. The normalized spacial score (nSPS) is 11.2. The molecule has 1 aromatic carbocycles. The van der Waals surface area contributed by atoms with Crippen LogP contribution < -0.4 is 5.32 Å². The molecule has 5 heteroatoms. The van der Waals surface area contributed by atoms with E-state index in [0.29, 0.717) is 13.1 Å². The number of fused-ring (bicyclic) bond motifs is 1. The standard InChI is InChI=1S/C20H24N4O/c1-3-15(4-2)20(25)22-13-14-24-18(16-9-6-5-7-10-16)23-17-11-8-12-21-19(17)24/h5-12,15H,3-4,13-14H2,1-2H3,(H,22,25). The second kappa shape index (κ2) is 7.92. The molecule has 25 heavy (non-hydrogen) atoms. The highest BCUT2D eigenvalue weighted by Gasteiger charge is 2.15. The van der Waals surface area contributed by atoms with Gasteiger partial charge in [0.2, 0.25) is 5.91 Å². The molecule has 3 aromatic rings. The zero-order valence-electron chi connectivity index (χ0n) is 14.8. The van der Waals surface area contributed by atoms with Crippen molar-refractivity contribution in [1.82, 2.24) is 19.9 Å². The predicted molar refractivity (Wildman–Crippen MR) is 100 cm³/mol. The van der Waals surface area contributed by atoms with Crippen molar-refractivity contribution in [1.29, 1.82) is 0 Å². The number of aromatic nitrogens is 3. The monoisotopic (exact) mass is 336 g/mol. The number of rotatable bonds is 7. The third-order valence-corrected chi connectivity index (χ3v) is 4.53. The topological polar surface area (TPSA) is 59.8 Å². The summed E-state index contributed by atoms with van der Waals surface area (Å²) in [5, 5.41) is 3.05. The summed E-state index contributed by atoms with van der Waals surface area (Å²) < 4.78 is 2.08. The molecule has 0 aliphatic carbocycles. The van der Waals surface area contributed by atoms with Gasteiger partial charge < -0.3 is 9.88 Å². The average Bonchev–Trinajstić information content (AvgIpc) is 3.02. The summed E-state index contributed by atoms with van der Waals surface area (Å²) in [6.07, 6.45) is 3.51. The van der Waals surface area contributed by atoms with Crippen LogP contribution in [0.3, 0.4) is 0 Å². The van der Waals surface area contributed by atoms with Gasteiger partial charge in [-0.25, -0.2) is 9.97 Å². The summed E-state index contributed by atoms with van der Waals surface area (Å²) in [5.74, 6) is 1.10. The first kappa shape index (κ1) is 17.1. The van der Waals surface area contributed by atoms with Crippen molar-refractivity contribution in [2.45, 2.75) is 33.2 Å². The Morgan fingerprint density at radius 2 is 1.88 bits per heavy atom. The SMILES string of the molecule is CCC(CC)C(=O)NCCn1c(-c2ccccc2)nc2cccnc21. The molecule has 0 aliphatic rings. The summed E-state index contributed by atoms with van der Waals surface area (Å²) >= 11 is 0. The molecule has 0 saturated carbocycles. The Morgan fingerprint density at radius 3 is 2.60 bits per heavy atom. The minimum atomic E-state index is 0.0891. The van der Waals surface area contributed by atoms with Gasteiger partial charge in [0.15, 0.2) is 5.65 Å². The van der Waals surface area contributed by atoms with Crippen LogP contribution in [0.25, 0.3) is 22.6 Å². The van der Waals surface area contributed by atoms with Gasteiger partial charge >= 0.3 is 0 Å². The summed E-state index contributed by atoms with van der Waals surface area (Å²) in [7, 11) is 0. The van der Waals surface area contributed by atoms with E-state index in [1.165, 1.54) is 0 Å². The molecule has 3 rings (SSSR count). The van der Waals surface area contributed by atoms with E-state index in [1.807, 2.05) is 42.5 Å². The van der Waals surface area contributed by atoms with E-state index in [2.05, 4.69) is 28.7 Å². The van der Waals surface area contributed by atoms with E-state index in [1.54, 1.807) is 6.20 Å². The number of pyridine rings is 1. The van der Waals surface area contributed by atoms with Gasteiger partial charge in [0.1, 0.15) is 11.3 Å². The van der Waals surface area contributed by atoms with Crippen LogP contribution in [0.5, 0.6) is 0 Å². The molecule has 0 aliphatic heterocycles. The number of hydrogen-bond acceptors (Lipinski definition) is 3. The number of benzene rings is 1. The third kappa shape index (κ3) is 3.71. The number of imidazole rings is 1. The van der Waals surface area contributed by atoms with Crippen molar-refractivity contribution in [3.63, 3.8) is 0 Å². The number of hydrogen-bond donors (Lipinski definition) is 1. The van der Waals surface area contributed by atoms with Crippen molar-refractivity contribution >= 4 is 17.1 Å². The fraction of sp³-hybridized carbons (Fsp3) is 0.350. The molecule has 1 N–H and O–H groups in total. The molecule has 0 fully saturated rings. The first-order valence-corrected chi connectivity index (χ1v) is 8.89. The highest BCUT2D eigenvalue weighted by atomic mass is 16.1. The fourth-order valence-electron chi connectivity index (χ4n) is 3.07. The summed E-state index contributed by atoms with van der Waals surface area (Å²) in [4.78, 5) is 21.4. The molecule has 0 spiro atoms. The van der Waals surface area contributed by atoms with Gasteiger partial charge in [0.25, 0.3) is 0 Å².